The van der Waals surface area contributed by atoms with E-state index in [4.69, 9.17) is 0 Å². The number of nitrogens with zero attached hydrogens (tertiary/aromatic N) is 2. The Morgan fingerprint density at radius 3 is 1.78 bits per heavy atom. The van der Waals surface area contributed by atoms with E-state index in [1.807, 2.05) is 0 Å². The molecule has 10 aromatic rings. The van der Waals surface area contributed by atoms with Crippen LogP contribution in [0.5, 0.6) is 0 Å². The number of rotatable bonds is 7. The molecule has 2 atom stereocenters. The van der Waals surface area contributed by atoms with Gasteiger partial charge in [-0.1, -0.05) is 197 Å². The lowest BCUT2D eigenvalue weighted by Crippen LogP contribution is -2.30. The predicted octanol–water partition coefficient (Wildman–Crippen LogP) is 17.1. The Balaban J connectivity index is 0.980. The van der Waals surface area contributed by atoms with Crippen LogP contribution in [0, 0.1) is 5.92 Å². The van der Waals surface area contributed by atoms with Gasteiger partial charge in [0.15, 0.2) is 0 Å². The molecular formula is C65H50N2. The lowest BCUT2D eigenvalue weighted by molar-refractivity contribution is 0.660. The minimum absolute atomic E-state index is 0.145. The second-order valence-corrected chi connectivity index (χ2v) is 19.3. The van der Waals surface area contributed by atoms with Crippen molar-refractivity contribution in [2.24, 2.45) is 5.92 Å². The van der Waals surface area contributed by atoms with Crippen molar-refractivity contribution in [1.82, 2.24) is 4.57 Å². The molecule has 0 N–H and O–H groups in total. The summed E-state index contributed by atoms with van der Waals surface area (Å²) in [5.41, 5.74) is 22.0. The van der Waals surface area contributed by atoms with Crippen molar-refractivity contribution < 1.29 is 0 Å². The summed E-state index contributed by atoms with van der Waals surface area (Å²) >= 11 is 0. The first-order valence-corrected chi connectivity index (χ1v) is 23.8. The smallest absolute Gasteiger partial charge is 0.0711 e. The van der Waals surface area contributed by atoms with E-state index in [1.54, 1.807) is 0 Å². The van der Waals surface area contributed by atoms with E-state index in [2.05, 4.69) is 261 Å². The van der Waals surface area contributed by atoms with Crippen molar-refractivity contribution in [3.8, 4) is 39.1 Å². The molecule has 0 saturated heterocycles. The number of aromatic nitrogens is 1. The molecule has 3 aliphatic rings. The summed E-state index contributed by atoms with van der Waals surface area (Å²) in [6.07, 6.45) is 8.33. The van der Waals surface area contributed by atoms with Crippen LogP contribution in [0.4, 0.5) is 17.1 Å². The summed E-state index contributed by atoms with van der Waals surface area (Å²) in [6.45, 7) is 7.07. The maximum absolute atomic E-state index is 2.53. The lowest BCUT2D eigenvalue weighted by atomic mass is 9.66. The number of allylic oxidation sites excluding steroid dienone is 4. The quantitative estimate of drug-likeness (QED) is 0.155. The van der Waals surface area contributed by atoms with Gasteiger partial charge in [0.2, 0.25) is 0 Å². The third-order valence-corrected chi connectivity index (χ3v) is 15.2. The molecule has 320 valence electrons. The summed E-state index contributed by atoms with van der Waals surface area (Å²) in [7, 11) is 0. The van der Waals surface area contributed by atoms with Crippen molar-refractivity contribution in [2.75, 3.05) is 4.90 Å². The highest BCUT2D eigenvalue weighted by Crippen LogP contribution is 2.61. The molecule has 0 saturated carbocycles. The molecule has 2 heteroatoms. The van der Waals surface area contributed by atoms with Gasteiger partial charge in [0.25, 0.3) is 0 Å². The molecule has 0 aliphatic heterocycles. The first kappa shape index (κ1) is 39.4. The standard InChI is InChI=1S/C65H50N2/c1-43-28-34-47(35-29-43)65(46-16-5-4-6-17-46)57-23-12-8-21-55(57)63-58(65)24-15-27-62(63)66(50-40-41-52-51-18-7-11-22-56(51)64(2,3)59(52)42-50)48-36-30-44(31-37-48)45-32-38-49(39-33-45)67-60-25-13-9-19-53(60)54-20-10-14-26-61(54)67/h4-28,30-43H,29H2,1-3H3. The molecule has 13 rings (SSSR count). The highest BCUT2D eigenvalue weighted by molar-refractivity contribution is 6.09. The molecular weight excluding hydrogens is 809 g/mol. The first-order chi connectivity index (χ1) is 32.9. The average Bonchev–Trinajstić information content (AvgIpc) is 3.96. The van der Waals surface area contributed by atoms with Crippen molar-refractivity contribution in [3.05, 3.63) is 264 Å². The maximum Gasteiger partial charge on any atom is 0.0711 e. The Morgan fingerprint density at radius 1 is 0.493 bits per heavy atom. The monoisotopic (exact) mass is 858 g/mol. The van der Waals surface area contributed by atoms with Crippen LogP contribution in [0.3, 0.4) is 0 Å². The van der Waals surface area contributed by atoms with Crippen LogP contribution in [0.2, 0.25) is 0 Å². The Hall–Kier alpha value is -7.94. The molecule has 0 bridgehead atoms. The summed E-state index contributed by atoms with van der Waals surface area (Å²) in [6, 6.07) is 79.3. The molecule has 9 aromatic carbocycles. The third kappa shape index (κ3) is 5.82. The minimum atomic E-state index is -0.470. The normalized spacial score (nSPS) is 17.5. The van der Waals surface area contributed by atoms with E-state index >= 15 is 0 Å². The van der Waals surface area contributed by atoms with Crippen LogP contribution in [0.15, 0.2) is 236 Å². The van der Waals surface area contributed by atoms with Crippen LogP contribution >= 0.6 is 0 Å². The van der Waals surface area contributed by atoms with Gasteiger partial charge in [-0.15, -0.1) is 0 Å². The number of benzene rings is 9. The summed E-state index contributed by atoms with van der Waals surface area (Å²) in [4.78, 5) is 2.53. The highest BCUT2D eigenvalue weighted by Gasteiger charge is 2.48. The second kappa shape index (κ2) is 15.1. The van der Waals surface area contributed by atoms with E-state index in [0.717, 1.165) is 23.5 Å². The number of hydrogen-bond acceptors (Lipinski definition) is 1. The van der Waals surface area contributed by atoms with Crippen LogP contribution in [-0.2, 0) is 10.8 Å². The molecule has 0 fully saturated rings. The summed E-state index contributed by atoms with van der Waals surface area (Å²) in [5, 5.41) is 2.55. The van der Waals surface area contributed by atoms with Crippen LogP contribution < -0.4 is 4.90 Å². The topological polar surface area (TPSA) is 8.17 Å². The van der Waals surface area contributed by atoms with Gasteiger partial charge in [0.1, 0.15) is 0 Å². The Kier molecular flexibility index (Phi) is 8.86. The fraction of sp³-hybridized carbons (Fsp3) is 0.108. The van der Waals surface area contributed by atoms with Gasteiger partial charge in [-0.3, -0.25) is 0 Å². The Labute approximate surface area is 393 Å². The molecule has 0 amide bonds. The fourth-order valence-corrected chi connectivity index (χ4v) is 12.0. The molecule has 1 aromatic heterocycles. The third-order valence-electron chi connectivity index (χ3n) is 15.2. The van der Waals surface area contributed by atoms with Gasteiger partial charge in [-0.25, -0.2) is 0 Å². The SMILES string of the molecule is CC1C=CC(C2(c3ccccc3)c3ccccc3-c3c(N(c4ccc(-c5ccc(-n6c7ccccc7c7ccccc76)cc5)cc4)c4ccc5c(c4)C(C)(C)c4ccccc4-5)cccc32)=CC1. The number of anilines is 3. The van der Waals surface area contributed by atoms with E-state index in [9.17, 15) is 0 Å². The summed E-state index contributed by atoms with van der Waals surface area (Å²) in [5.74, 6) is 0.505. The van der Waals surface area contributed by atoms with Gasteiger partial charge in [0, 0.05) is 38.8 Å². The minimum Gasteiger partial charge on any atom is -0.310 e. The van der Waals surface area contributed by atoms with Crippen molar-refractivity contribution in [1.29, 1.82) is 0 Å². The van der Waals surface area contributed by atoms with Crippen molar-refractivity contribution in [3.63, 3.8) is 0 Å². The van der Waals surface area contributed by atoms with Crippen LogP contribution in [0.25, 0.3) is 60.9 Å². The maximum atomic E-state index is 2.53. The zero-order chi connectivity index (χ0) is 44.9. The number of para-hydroxylation sites is 2. The van der Waals surface area contributed by atoms with Gasteiger partial charge in [0.05, 0.1) is 22.1 Å². The van der Waals surface area contributed by atoms with Crippen molar-refractivity contribution >= 4 is 38.9 Å². The van der Waals surface area contributed by atoms with Crippen molar-refractivity contribution in [2.45, 2.75) is 38.0 Å². The average molecular weight is 859 g/mol. The fourth-order valence-electron chi connectivity index (χ4n) is 12.0. The molecule has 2 nitrogen and oxygen atoms in total. The second-order valence-electron chi connectivity index (χ2n) is 19.3. The Morgan fingerprint density at radius 2 is 1.07 bits per heavy atom. The number of fused-ring (bicyclic) bond motifs is 9. The first-order valence-electron chi connectivity index (χ1n) is 23.8. The van der Waals surface area contributed by atoms with Crippen LogP contribution in [0.1, 0.15) is 55.0 Å². The molecule has 0 radical (unpaired) electrons. The van der Waals surface area contributed by atoms with Gasteiger partial charge in [-0.05, 0) is 128 Å². The zero-order valence-corrected chi connectivity index (χ0v) is 38.1. The Bertz CT molecular complexity index is 3590. The van der Waals surface area contributed by atoms with Gasteiger partial charge in [-0.2, -0.15) is 0 Å². The highest BCUT2D eigenvalue weighted by atomic mass is 15.1. The zero-order valence-electron chi connectivity index (χ0n) is 38.1. The van der Waals surface area contributed by atoms with E-state index < -0.39 is 5.41 Å². The lowest BCUT2D eigenvalue weighted by Gasteiger charge is -2.36. The molecule has 2 unspecified atom stereocenters. The van der Waals surface area contributed by atoms with Gasteiger partial charge >= 0.3 is 0 Å². The number of hydrogen-bond donors (Lipinski definition) is 0. The summed E-state index contributed by atoms with van der Waals surface area (Å²) < 4.78 is 2.39. The van der Waals surface area contributed by atoms with Gasteiger partial charge < -0.3 is 9.47 Å². The van der Waals surface area contributed by atoms with E-state index in [0.29, 0.717) is 5.92 Å². The molecule has 67 heavy (non-hydrogen) atoms. The van der Waals surface area contributed by atoms with Crippen LogP contribution in [-0.4, -0.2) is 4.57 Å². The largest absolute Gasteiger partial charge is 0.310 e. The molecule has 3 aliphatic carbocycles. The molecule has 0 spiro atoms. The van der Waals surface area contributed by atoms with E-state index in [-0.39, 0.29) is 5.41 Å². The van der Waals surface area contributed by atoms with E-state index in [1.165, 1.54) is 94.3 Å². The molecule has 1 heterocycles. The predicted molar refractivity (Wildman–Crippen MR) is 281 cm³/mol.